The van der Waals surface area contributed by atoms with E-state index >= 15 is 0 Å². The maximum atomic E-state index is 13.1. The van der Waals surface area contributed by atoms with Gasteiger partial charge in [-0.1, -0.05) is 41.6 Å². The van der Waals surface area contributed by atoms with Gasteiger partial charge in [0.05, 0.1) is 20.0 Å². The zero-order valence-corrected chi connectivity index (χ0v) is 22.0. The van der Waals surface area contributed by atoms with Gasteiger partial charge in [0.2, 0.25) is 5.91 Å². The molecule has 2 aromatic heterocycles. The molecule has 0 saturated carbocycles. The number of hydrogen-bond acceptors (Lipinski definition) is 8. The van der Waals surface area contributed by atoms with E-state index in [0.29, 0.717) is 28.6 Å². The first-order valence-corrected chi connectivity index (χ1v) is 12.4. The first kappa shape index (κ1) is 26.0. The topological polar surface area (TPSA) is 117 Å². The van der Waals surface area contributed by atoms with Crippen molar-refractivity contribution in [3.8, 4) is 22.9 Å². The highest BCUT2D eigenvalue weighted by molar-refractivity contribution is 8.00. The van der Waals surface area contributed by atoms with Gasteiger partial charge in [-0.05, 0) is 30.7 Å². The molecule has 4 aromatic rings. The largest absolute Gasteiger partial charge is 0.493 e. The molecule has 0 spiro atoms. The minimum absolute atomic E-state index is 0.0232. The Morgan fingerprint density at radius 2 is 1.68 bits per heavy atom. The van der Waals surface area contributed by atoms with E-state index in [4.69, 9.17) is 9.47 Å². The quantitative estimate of drug-likeness (QED) is 0.278. The van der Waals surface area contributed by atoms with Crippen LogP contribution in [0.4, 0.5) is 0 Å². The van der Waals surface area contributed by atoms with E-state index in [1.54, 1.807) is 18.2 Å². The van der Waals surface area contributed by atoms with Gasteiger partial charge in [0.25, 0.3) is 5.56 Å². The zero-order valence-electron chi connectivity index (χ0n) is 21.2. The summed E-state index contributed by atoms with van der Waals surface area (Å²) in [7, 11) is 5.99. The maximum absolute atomic E-state index is 13.1. The van der Waals surface area contributed by atoms with Gasteiger partial charge in [0, 0.05) is 26.2 Å². The monoisotopic (exact) mass is 521 g/mol. The number of fused-ring (bicyclic) bond motifs is 1. The first-order chi connectivity index (χ1) is 17.7. The standard InChI is InChI=1S/C26H27N5O5S/c1-15-6-8-16(9-7-15)13-27-20(32)14-37-24-21-23(30(2)26(34)31(3)25(21)33)28-22(29-24)17-10-11-18(35-4)19(12-17)36-5/h6-12H,13-14H2,1-5H3,(H,27,32). The Labute approximate surface area is 217 Å². The molecule has 192 valence electrons. The van der Waals surface area contributed by atoms with Crippen molar-refractivity contribution in [2.45, 2.75) is 18.5 Å². The number of benzene rings is 2. The molecule has 0 unspecified atom stereocenters. The van der Waals surface area contributed by atoms with Crippen LogP contribution in [0.2, 0.25) is 0 Å². The summed E-state index contributed by atoms with van der Waals surface area (Å²) in [6, 6.07) is 13.1. The number of nitrogens with zero attached hydrogens (tertiary/aromatic N) is 4. The fraction of sp³-hybridized carbons (Fsp3) is 0.269. The second-order valence-electron chi connectivity index (χ2n) is 8.38. The molecule has 4 rings (SSSR count). The fourth-order valence-electron chi connectivity index (χ4n) is 3.73. The number of ether oxygens (including phenoxy) is 2. The highest BCUT2D eigenvalue weighted by Crippen LogP contribution is 2.32. The second-order valence-corrected chi connectivity index (χ2v) is 9.34. The number of aryl methyl sites for hydroxylation is 2. The molecule has 0 aliphatic carbocycles. The SMILES string of the molecule is COc1ccc(-c2nc(SCC(=O)NCc3ccc(C)cc3)c3c(=O)n(C)c(=O)n(C)c3n2)cc1OC. The predicted molar refractivity (Wildman–Crippen MR) is 142 cm³/mol. The van der Waals surface area contributed by atoms with Crippen molar-refractivity contribution in [3.05, 3.63) is 74.4 Å². The van der Waals surface area contributed by atoms with Crippen LogP contribution < -0.4 is 26.0 Å². The van der Waals surface area contributed by atoms with Gasteiger partial charge < -0.3 is 14.8 Å². The van der Waals surface area contributed by atoms with Gasteiger partial charge in [-0.15, -0.1) is 0 Å². The average Bonchev–Trinajstić information content (AvgIpc) is 2.92. The third kappa shape index (κ3) is 5.36. The van der Waals surface area contributed by atoms with Crippen LogP contribution in [-0.4, -0.2) is 45.0 Å². The molecular weight excluding hydrogens is 494 g/mol. The molecule has 11 heteroatoms. The van der Waals surface area contributed by atoms with E-state index < -0.39 is 11.2 Å². The lowest BCUT2D eigenvalue weighted by Gasteiger charge is -2.13. The van der Waals surface area contributed by atoms with E-state index in [2.05, 4.69) is 15.3 Å². The van der Waals surface area contributed by atoms with Gasteiger partial charge in [-0.3, -0.25) is 18.7 Å². The van der Waals surface area contributed by atoms with Gasteiger partial charge in [-0.2, -0.15) is 0 Å². The molecule has 1 N–H and O–H groups in total. The molecule has 0 saturated heterocycles. The average molecular weight is 522 g/mol. The summed E-state index contributed by atoms with van der Waals surface area (Å²) in [6.45, 7) is 2.39. The van der Waals surface area contributed by atoms with E-state index in [-0.39, 0.29) is 28.5 Å². The van der Waals surface area contributed by atoms with Gasteiger partial charge >= 0.3 is 5.69 Å². The minimum atomic E-state index is -0.528. The molecule has 0 bridgehead atoms. The van der Waals surface area contributed by atoms with Gasteiger partial charge in [0.1, 0.15) is 10.4 Å². The van der Waals surface area contributed by atoms with Crippen molar-refractivity contribution < 1.29 is 14.3 Å². The second kappa shape index (κ2) is 10.9. The summed E-state index contributed by atoms with van der Waals surface area (Å²) < 4.78 is 13.0. The van der Waals surface area contributed by atoms with Gasteiger partial charge in [0.15, 0.2) is 23.0 Å². The van der Waals surface area contributed by atoms with Crippen LogP contribution in [0.5, 0.6) is 11.5 Å². The number of methoxy groups -OCH3 is 2. The van der Waals surface area contributed by atoms with Crippen LogP contribution >= 0.6 is 11.8 Å². The third-order valence-electron chi connectivity index (χ3n) is 5.86. The lowest BCUT2D eigenvalue weighted by atomic mass is 10.1. The van der Waals surface area contributed by atoms with Crippen molar-refractivity contribution in [2.24, 2.45) is 14.1 Å². The molecular formula is C26H27N5O5S. The van der Waals surface area contributed by atoms with Crippen LogP contribution in [-0.2, 0) is 25.4 Å². The van der Waals surface area contributed by atoms with E-state index in [0.717, 1.165) is 27.5 Å². The summed E-state index contributed by atoms with van der Waals surface area (Å²) in [6.07, 6.45) is 0. The van der Waals surface area contributed by atoms with Crippen molar-refractivity contribution >= 4 is 28.7 Å². The number of nitrogens with one attached hydrogen (secondary N) is 1. The number of hydrogen-bond donors (Lipinski definition) is 1. The van der Waals surface area contributed by atoms with E-state index in [1.807, 2.05) is 31.2 Å². The Morgan fingerprint density at radius 3 is 2.35 bits per heavy atom. The molecule has 1 amide bonds. The number of rotatable bonds is 8. The zero-order chi connectivity index (χ0) is 26.7. The van der Waals surface area contributed by atoms with Crippen LogP contribution in [0.25, 0.3) is 22.4 Å². The Hall–Kier alpha value is -4.12. The van der Waals surface area contributed by atoms with Crippen molar-refractivity contribution in [2.75, 3.05) is 20.0 Å². The normalized spacial score (nSPS) is 10.9. The lowest BCUT2D eigenvalue weighted by Crippen LogP contribution is -2.37. The number of amides is 1. The molecule has 0 aliphatic heterocycles. The number of carbonyl (C=O) groups excluding carboxylic acids is 1. The Morgan fingerprint density at radius 1 is 0.973 bits per heavy atom. The molecule has 10 nitrogen and oxygen atoms in total. The van der Waals surface area contributed by atoms with Crippen LogP contribution in [0, 0.1) is 6.92 Å². The highest BCUT2D eigenvalue weighted by atomic mass is 32.2. The predicted octanol–water partition coefficient (Wildman–Crippen LogP) is 2.43. The summed E-state index contributed by atoms with van der Waals surface area (Å²) in [5, 5.41) is 3.36. The van der Waals surface area contributed by atoms with E-state index in [9.17, 15) is 14.4 Å². The number of thioether (sulfide) groups is 1. The van der Waals surface area contributed by atoms with Crippen LogP contribution in [0.1, 0.15) is 11.1 Å². The summed E-state index contributed by atoms with van der Waals surface area (Å²) >= 11 is 1.11. The molecule has 37 heavy (non-hydrogen) atoms. The first-order valence-electron chi connectivity index (χ1n) is 11.4. The summed E-state index contributed by atoms with van der Waals surface area (Å²) in [5.41, 5.74) is 1.85. The number of aromatic nitrogens is 4. The Bertz CT molecular complexity index is 1590. The van der Waals surface area contributed by atoms with Crippen LogP contribution in [0.3, 0.4) is 0 Å². The minimum Gasteiger partial charge on any atom is -0.493 e. The summed E-state index contributed by atoms with van der Waals surface area (Å²) in [5.74, 6) is 1.10. The summed E-state index contributed by atoms with van der Waals surface area (Å²) in [4.78, 5) is 47.5. The number of carbonyl (C=O) groups is 1. The molecule has 0 radical (unpaired) electrons. The lowest BCUT2D eigenvalue weighted by molar-refractivity contribution is -0.118. The van der Waals surface area contributed by atoms with Crippen molar-refractivity contribution in [3.63, 3.8) is 0 Å². The molecule has 2 heterocycles. The van der Waals surface area contributed by atoms with Gasteiger partial charge in [-0.25, -0.2) is 14.8 Å². The maximum Gasteiger partial charge on any atom is 0.332 e. The fourth-order valence-corrected chi connectivity index (χ4v) is 4.57. The molecule has 0 aliphatic rings. The molecule has 0 fully saturated rings. The highest BCUT2D eigenvalue weighted by Gasteiger charge is 2.20. The van der Waals surface area contributed by atoms with Crippen LogP contribution in [0.15, 0.2) is 57.1 Å². The molecule has 0 atom stereocenters. The Kier molecular flexibility index (Phi) is 7.63. The van der Waals surface area contributed by atoms with Crippen molar-refractivity contribution in [1.82, 2.24) is 24.4 Å². The van der Waals surface area contributed by atoms with Crippen molar-refractivity contribution in [1.29, 1.82) is 0 Å². The third-order valence-corrected chi connectivity index (χ3v) is 6.83. The Balaban J connectivity index is 1.71. The molecule has 2 aromatic carbocycles. The smallest absolute Gasteiger partial charge is 0.332 e. The van der Waals surface area contributed by atoms with E-state index in [1.165, 1.54) is 32.9 Å².